The maximum atomic E-state index is 11.9. The van der Waals surface area contributed by atoms with Crippen molar-refractivity contribution in [3.63, 3.8) is 0 Å². The summed E-state index contributed by atoms with van der Waals surface area (Å²) in [4.78, 5) is 22.9. The van der Waals surface area contributed by atoms with Gasteiger partial charge in [0.1, 0.15) is 5.75 Å². The summed E-state index contributed by atoms with van der Waals surface area (Å²) in [5.74, 6) is 0.704. The Balaban J connectivity index is 1.82. The van der Waals surface area contributed by atoms with Gasteiger partial charge in [0.05, 0.1) is 16.4 Å². The van der Waals surface area contributed by atoms with E-state index in [1.54, 1.807) is 30.3 Å². The van der Waals surface area contributed by atoms with Crippen molar-refractivity contribution in [1.29, 1.82) is 0 Å². The van der Waals surface area contributed by atoms with Gasteiger partial charge in [-0.15, -0.1) is 5.10 Å². The van der Waals surface area contributed by atoms with Crippen LogP contribution in [0.15, 0.2) is 41.5 Å². The van der Waals surface area contributed by atoms with Crippen molar-refractivity contribution in [3.8, 4) is 5.75 Å². The number of hydrogen-bond acceptors (Lipinski definition) is 7. The summed E-state index contributed by atoms with van der Waals surface area (Å²) in [5.41, 5.74) is 0.689. The number of benzene rings is 1. The lowest BCUT2D eigenvalue weighted by Gasteiger charge is -2.17. The van der Waals surface area contributed by atoms with Crippen LogP contribution in [0.5, 0.6) is 5.75 Å². The van der Waals surface area contributed by atoms with Crippen molar-refractivity contribution >= 4 is 28.1 Å². The standard InChI is InChI=1S/C17H17N3O5S/c1-3-10-24-13-6-4-12(5-7-13)16-18-19(11(2)21)17(25-16)14-8-9-15(26-14)20(22)23/h4-9,17H,3,10H2,1-2H3. The van der Waals surface area contributed by atoms with E-state index in [2.05, 4.69) is 5.10 Å². The molecule has 0 fully saturated rings. The number of ether oxygens (including phenoxy) is 2. The lowest BCUT2D eigenvalue weighted by molar-refractivity contribution is -0.380. The van der Waals surface area contributed by atoms with Crippen LogP contribution in [0.3, 0.4) is 0 Å². The van der Waals surface area contributed by atoms with Gasteiger partial charge >= 0.3 is 5.00 Å². The Bertz CT molecular complexity index is 846. The molecule has 0 spiro atoms. The molecule has 136 valence electrons. The second-order valence-electron chi connectivity index (χ2n) is 5.54. The third kappa shape index (κ3) is 3.67. The third-order valence-electron chi connectivity index (χ3n) is 3.58. The number of thiophene rings is 1. The van der Waals surface area contributed by atoms with Gasteiger partial charge in [-0.25, -0.2) is 0 Å². The highest BCUT2D eigenvalue weighted by atomic mass is 32.1. The van der Waals surface area contributed by atoms with Crippen molar-refractivity contribution in [2.24, 2.45) is 5.10 Å². The molecule has 0 saturated carbocycles. The normalized spacial score (nSPS) is 16.2. The van der Waals surface area contributed by atoms with Gasteiger partial charge in [-0.2, -0.15) is 5.01 Å². The third-order valence-corrected chi connectivity index (χ3v) is 4.64. The summed E-state index contributed by atoms with van der Waals surface area (Å²) in [6.45, 7) is 4.03. The van der Waals surface area contributed by atoms with Crippen LogP contribution < -0.4 is 4.74 Å². The summed E-state index contributed by atoms with van der Waals surface area (Å²) >= 11 is 0.957. The Labute approximate surface area is 153 Å². The molecule has 1 atom stereocenters. The fourth-order valence-corrected chi connectivity index (χ4v) is 3.19. The van der Waals surface area contributed by atoms with Crippen molar-refractivity contribution in [1.82, 2.24) is 5.01 Å². The van der Waals surface area contributed by atoms with Gasteiger partial charge in [0, 0.05) is 18.6 Å². The van der Waals surface area contributed by atoms with Crippen molar-refractivity contribution < 1.29 is 19.2 Å². The number of carbonyl (C=O) groups excluding carboxylic acids is 1. The summed E-state index contributed by atoms with van der Waals surface area (Å²) in [6.07, 6.45) is 0.108. The molecule has 8 nitrogen and oxygen atoms in total. The molecule has 26 heavy (non-hydrogen) atoms. The number of amides is 1. The van der Waals surface area contributed by atoms with Gasteiger partial charge in [-0.1, -0.05) is 18.3 Å². The molecule has 0 aliphatic carbocycles. The Kier molecular flexibility index (Phi) is 5.17. The molecule has 2 aromatic rings. The summed E-state index contributed by atoms with van der Waals surface area (Å²) in [6, 6.07) is 10.2. The number of carbonyl (C=O) groups is 1. The van der Waals surface area contributed by atoms with E-state index in [1.165, 1.54) is 18.0 Å². The van der Waals surface area contributed by atoms with Crippen LogP contribution in [-0.2, 0) is 9.53 Å². The average Bonchev–Trinajstić information content (AvgIpc) is 3.27. The van der Waals surface area contributed by atoms with Gasteiger partial charge in [-0.05, 0) is 36.8 Å². The van der Waals surface area contributed by atoms with E-state index >= 15 is 0 Å². The molecule has 1 amide bonds. The molecular formula is C17H17N3O5S. The number of hydrazone groups is 1. The molecule has 1 aromatic heterocycles. The first-order valence-corrected chi connectivity index (χ1v) is 8.83. The zero-order chi connectivity index (χ0) is 18.7. The second kappa shape index (κ2) is 7.52. The molecule has 1 aromatic carbocycles. The van der Waals surface area contributed by atoms with Crippen LogP contribution in [0.2, 0.25) is 0 Å². The predicted molar refractivity (Wildman–Crippen MR) is 96.1 cm³/mol. The molecular weight excluding hydrogens is 358 g/mol. The summed E-state index contributed by atoms with van der Waals surface area (Å²) < 4.78 is 11.4. The highest BCUT2D eigenvalue weighted by Crippen LogP contribution is 2.36. The van der Waals surface area contributed by atoms with E-state index in [0.717, 1.165) is 23.5 Å². The minimum Gasteiger partial charge on any atom is -0.494 e. The van der Waals surface area contributed by atoms with E-state index < -0.39 is 11.2 Å². The number of nitrogens with zero attached hydrogens (tertiary/aromatic N) is 3. The smallest absolute Gasteiger partial charge is 0.324 e. The SMILES string of the molecule is CCCOc1ccc(C2=NN(C(C)=O)C(c3ccc([N+](=O)[O-])s3)O2)cc1. The molecule has 9 heteroatoms. The fraction of sp³-hybridized carbons (Fsp3) is 0.294. The number of nitro groups is 1. The molecule has 3 rings (SSSR count). The van der Waals surface area contributed by atoms with Crippen LogP contribution in [0.25, 0.3) is 0 Å². The average molecular weight is 375 g/mol. The quantitative estimate of drug-likeness (QED) is 0.567. The van der Waals surface area contributed by atoms with Crippen molar-refractivity contribution in [3.05, 3.63) is 57.0 Å². The Morgan fingerprint density at radius 2 is 2.08 bits per heavy atom. The molecule has 1 unspecified atom stereocenters. The van der Waals surface area contributed by atoms with Crippen LogP contribution in [0.4, 0.5) is 5.00 Å². The zero-order valence-corrected chi connectivity index (χ0v) is 15.1. The van der Waals surface area contributed by atoms with Crippen molar-refractivity contribution in [2.45, 2.75) is 26.5 Å². The first kappa shape index (κ1) is 17.9. The largest absolute Gasteiger partial charge is 0.494 e. The summed E-state index contributed by atoms with van der Waals surface area (Å²) in [7, 11) is 0. The molecule has 0 bridgehead atoms. The van der Waals surface area contributed by atoms with E-state index in [9.17, 15) is 14.9 Å². The van der Waals surface area contributed by atoms with Gasteiger partial charge in [0.2, 0.25) is 18.0 Å². The monoisotopic (exact) mass is 375 g/mol. The minimum absolute atomic E-state index is 0.0158. The maximum Gasteiger partial charge on any atom is 0.324 e. The van der Waals surface area contributed by atoms with Gasteiger partial charge in [-0.3, -0.25) is 14.9 Å². The van der Waals surface area contributed by atoms with E-state index in [4.69, 9.17) is 9.47 Å². The first-order chi connectivity index (χ1) is 12.5. The molecule has 0 N–H and O–H groups in total. The Hall–Kier alpha value is -2.94. The molecule has 1 aliphatic rings. The van der Waals surface area contributed by atoms with Crippen LogP contribution in [0, 0.1) is 10.1 Å². The highest BCUT2D eigenvalue weighted by Gasteiger charge is 2.35. The number of rotatable bonds is 6. The van der Waals surface area contributed by atoms with Gasteiger partial charge in [0.15, 0.2) is 0 Å². The van der Waals surface area contributed by atoms with Crippen LogP contribution in [0.1, 0.15) is 36.9 Å². The van der Waals surface area contributed by atoms with E-state index in [1.807, 2.05) is 6.92 Å². The van der Waals surface area contributed by atoms with Crippen LogP contribution in [-0.4, -0.2) is 28.3 Å². The first-order valence-electron chi connectivity index (χ1n) is 8.02. The molecule has 0 saturated heterocycles. The topological polar surface area (TPSA) is 94.3 Å². The maximum absolute atomic E-state index is 11.9. The van der Waals surface area contributed by atoms with E-state index in [-0.39, 0.29) is 16.8 Å². The lowest BCUT2D eigenvalue weighted by atomic mass is 10.2. The predicted octanol–water partition coefficient (Wildman–Crippen LogP) is 3.68. The molecule has 1 aliphatic heterocycles. The molecule has 0 radical (unpaired) electrons. The van der Waals surface area contributed by atoms with Crippen molar-refractivity contribution in [2.75, 3.05) is 6.61 Å². The summed E-state index contributed by atoms with van der Waals surface area (Å²) in [5, 5.41) is 16.3. The highest BCUT2D eigenvalue weighted by molar-refractivity contribution is 7.15. The Morgan fingerprint density at radius 1 is 1.35 bits per heavy atom. The second-order valence-corrected chi connectivity index (χ2v) is 6.64. The fourth-order valence-electron chi connectivity index (χ4n) is 2.36. The van der Waals surface area contributed by atoms with Gasteiger partial charge < -0.3 is 9.47 Å². The van der Waals surface area contributed by atoms with Gasteiger partial charge in [0.25, 0.3) is 0 Å². The zero-order valence-electron chi connectivity index (χ0n) is 14.2. The minimum atomic E-state index is -0.808. The Morgan fingerprint density at radius 3 is 2.65 bits per heavy atom. The lowest BCUT2D eigenvalue weighted by Crippen LogP contribution is -2.24. The van der Waals surface area contributed by atoms with Crippen LogP contribution >= 0.6 is 11.3 Å². The molecule has 2 heterocycles. The van der Waals surface area contributed by atoms with E-state index in [0.29, 0.717) is 17.0 Å². The number of hydrogen-bond donors (Lipinski definition) is 0.